The predicted molar refractivity (Wildman–Crippen MR) is 96.3 cm³/mol. The Bertz CT molecular complexity index is 794. The summed E-state index contributed by atoms with van der Waals surface area (Å²) in [4.78, 5) is 27.2. The van der Waals surface area contributed by atoms with E-state index in [9.17, 15) is 9.59 Å². The molecular weight excluding hydrogens is 320 g/mol. The number of nitrogens with one attached hydrogen (secondary N) is 1. The Kier molecular flexibility index (Phi) is 4.81. The van der Waals surface area contributed by atoms with Crippen molar-refractivity contribution >= 4 is 29.2 Å². The summed E-state index contributed by atoms with van der Waals surface area (Å²) < 4.78 is 0. The summed E-state index contributed by atoms with van der Waals surface area (Å²) >= 11 is 1.64. The summed E-state index contributed by atoms with van der Waals surface area (Å²) in [5, 5.41) is 5.00. The van der Waals surface area contributed by atoms with Crippen LogP contribution in [0.15, 0.2) is 41.9 Å². The lowest BCUT2D eigenvalue weighted by atomic mass is 9.93. The third-order valence-corrected chi connectivity index (χ3v) is 5.29. The predicted octanol–water partition coefficient (Wildman–Crippen LogP) is 3.64. The van der Waals surface area contributed by atoms with Crippen LogP contribution in [0.4, 0.5) is 0 Å². The molecule has 2 aromatic rings. The molecule has 0 aliphatic carbocycles. The van der Waals surface area contributed by atoms with Gasteiger partial charge in [0.2, 0.25) is 11.8 Å². The Labute approximate surface area is 145 Å². The Morgan fingerprint density at radius 3 is 2.75 bits per heavy atom. The number of hydrogen-bond acceptors (Lipinski definition) is 3. The van der Waals surface area contributed by atoms with E-state index < -0.39 is 0 Å². The highest BCUT2D eigenvalue weighted by atomic mass is 32.1. The maximum Gasteiger partial charge on any atom is 0.223 e. The van der Waals surface area contributed by atoms with Crippen molar-refractivity contribution in [1.29, 1.82) is 0 Å². The number of nitrogens with zero attached hydrogens (tertiary/aromatic N) is 1. The SMILES string of the molecule is CC(=O)N1C=Cc2ccccc2C1CC(=O)NCc1sccc1C. The standard InChI is InChI=1S/C19H20N2O2S/c1-13-8-10-24-18(13)12-20-19(23)11-17-16-6-4-3-5-15(16)7-9-21(17)14(2)22/h3-10,17H,11-12H2,1-2H3,(H,20,23). The molecule has 0 saturated heterocycles. The van der Waals surface area contributed by atoms with Crippen LogP contribution in [-0.4, -0.2) is 16.7 Å². The van der Waals surface area contributed by atoms with Crippen molar-refractivity contribution < 1.29 is 9.59 Å². The van der Waals surface area contributed by atoms with Gasteiger partial charge in [-0.3, -0.25) is 9.59 Å². The van der Waals surface area contributed by atoms with Crippen molar-refractivity contribution in [2.45, 2.75) is 32.9 Å². The van der Waals surface area contributed by atoms with Gasteiger partial charge in [-0.1, -0.05) is 24.3 Å². The monoisotopic (exact) mass is 340 g/mol. The van der Waals surface area contributed by atoms with E-state index in [0.29, 0.717) is 6.54 Å². The van der Waals surface area contributed by atoms with Gasteiger partial charge in [-0.2, -0.15) is 0 Å². The quantitative estimate of drug-likeness (QED) is 0.924. The van der Waals surface area contributed by atoms with Gasteiger partial charge in [-0.15, -0.1) is 11.3 Å². The van der Waals surface area contributed by atoms with E-state index in [-0.39, 0.29) is 24.3 Å². The molecule has 1 aliphatic rings. The number of hydrogen-bond donors (Lipinski definition) is 1. The molecule has 4 nitrogen and oxygen atoms in total. The molecule has 0 radical (unpaired) electrons. The van der Waals surface area contributed by atoms with Gasteiger partial charge in [0, 0.05) is 18.0 Å². The lowest BCUT2D eigenvalue weighted by Gasteiger charge is -2.32. The van der Waals surface area contributed by atoms with Crippen LogP contribution in [-0.2, 0) is 16.1 Å². The fourth-order valence-corrected chi connectivity index (χ4v) is 3.77. The minimum Gasteiger partial charge on any atom is -0.351 e. The molecule has 2 heterocycles. The van der Waals surface area contributed by atoms with Crippen molar-refractivity contribution in [3.63, 3.8) is 0 Å². The lowest BCUT2D eigenvalue weighted by Crippen LogP contribution is -2.35. The van der Waals surface area contributed by atoms with Crippen LogP contribution >= 0.6 is 11.3 Å². The number of benzene rings is 1. The highest BCUT2D eigenvalue weighted by Gasteiger charge is 2.28. The molecule has 3 rings (SSSR count). The number of amides is 2. The summed E-state index contributed by atoms with van der Waals surface area (Å²) in [6, 6.07) is 9.68. The maximum absolute atomic E-state index is 12.4. The summed E-state index contributed by atoms with van der Waals surface area (Å²) in [5.74, 6) is -0.114. The number of thiophene rings is 1. The van der Waals surface area contributed by atoms with Gasteiger partial charge < -0.3 is 10.2 Å². The Morgan fingerprint density at radius 2 is 2.04 bits per heavy atom. The molecule has 124 valence electrons. The van der Waals surface area contributed by atoms with Crippen LogP contribution in [0.1, 0.15) is 41.0 Å². The Hall–Kier alpha value is -2.40. The number of fused-ring (bicyclic) bond motifs is 1. The van der Waals surface area contributed by atoms with Crippen molar-refractivity contribution in [1.82, 2.24) is 10.2 Å². The molecule has 0 saturated carbocycles. The first-order valence-electron chi connectivity index (χ1n) is 7.92. The van der Waals surface area contributed by atoms with E-state index in [1.807, 2.05) is 48.7 Å². The van der Waals surface area contributed by atoms with Crippen LogP contribution in [0, 0.1) is 6.92 Å². The first-order valence-corrected chi connectivity index (χ1v) is 8.80. The van der Waals surface area contributed by atoms with E-state index in [0.717, 1.165) is 16.0 Å². The van der Waals surface area contributed by atoms with Crippen LogP contribution in [0.25, 0.3) is 6.08 Å². The molecule has 0 fully saturated rings. The van der Waals surface area contributed by atoms with Gasteiger partial charge in [0.15, 0.2) is 0 Å². The van der Waals surface area contributed by atoms with Crippen molar-refractivity contribution in [2.24, 2.45) is 0 Å². The molecule has 1 aromatic heterocycles. The van der Waals surface area contributed by atoms with Gasteiger partial charge in [0.25, 0.3) is 0 Å². The van der Waals surface area contributed by atoms with E-state index in [1.54, 1.807) is 22.4 Å². The van der Waals surface area contributed by atoms with Gasteiger partial charge in [0.1, 0.15) is 0 Å². The van der Waals surface area contributed by atoms with Gasteiger partial charge in [0.05, 0.1) is 19.0 Å². The number of carbonyl (C=O) groups is 2. The highest BCUT2D eigenvalue weighted by molar-refractivity contribution is 7.10. The largest absolute Gasteiger partial charge is 0.351 e. The molecule has 1 aliphatic heterocycles. The number of rotatable bonds is 4. The molecule has 1 unspecified atom stereocenters. The molecule has 1 aromatic carbocycles. The minimum absolute atomic E-state index is 0.0517. The number of carbonyl (C=O) groups excluding carboxylic acids is 2. The summed E-state index contributed by atoms with van der Waals surface area (Å²) in [6.07, 6.45) is 3.94. The fraction of sp³-hybridized carbons (Fsp3) is 0.263. The molecule has 0 bridgehead atoms. The van der Waals surface area contributed by atoms with Crippen LogP contribution in [0.2, 0.25) is 0 Å². The summed E-state index contributed by atoms with van der Waals surface area (Å²) in [6.45, 7) is 4.10. The zero-order valence-electron chi connectivity index (χ0n) is 13.8. The van der Waals surface area contributed by atoms with Crippen LogP contribution in [0.3, 0.4) is 0 Å². The molecule has 1 atom stereocenters. The number of aryl methyl sites for hydroxylation is 1. The van der Waals surface area contributed by atoms with E-state index >= 15 is 0 Å². The summed E-state index contributed by atoms with van der Waals surface area (Å²) in [7, 11) is 0. The zero-order chi connectivity index (χ0) is 17.1. The Balaban J connectivity index is 1.73. The normalized spacial score (nSPS) is 15.9. The second-order valence-electron chi connectivity index (χ2n) is 5.89. The average molecular weight is 340 g/mol. The third kappa shape index (κ3) is 3.41. The van der Waals surface area contributed by atoms with E-state index in [2.05, 4.69) is 5.32 Å². The first-order chi connectivity index (χ1) is 11.6. The van der Waals surface area contributed by atoms with Crippen LogP contribution < -0.4 is 5.32 Å². The molecule has 0 spiro atoms. The molecule has 5 heteroatoms. The molecule has 24 heavy (non-hydrogen) atoms. The van der Waals surface area contributed by atoms with Crippen molar-refractivity contribution in [3.8, 4) is 0 Å². The van der Waals surface area contributed by atoms with Crippen molar-refractivity contribution in [3.05, 3.63) is 63.5 Å². The topological polar surface area (TPSA) is 49.4 Å². The Morgan fingerprint density at radius 1 is 1.25 bits per heavy atom. The second kappa shape index (κ2) is 7.01. The fourth-order valence-electron chi connectivity index (χ4n) is 2.93. The smallest absolute Gasteiger partial charge is 0.223 e. The summed E-state index contributed by atoms with van der Waals surface area (Å²) in [5.41, 5.74) is 3.26. The van der Waals surface area contributed by atoms with E-state index in [1.165, 1.54) is 12.5 Å². The highest BCUT2D eigenvalue weighted by Crippen LogP contribution is 2.32. The van der Waals surface area contributed by atoms with Crippen molar-refractivity contribution in [2.75, 3.05) is 0 Å². The average Bonchev–Trinajstić information content (AvgIpc) is 2.98. The van der Waals surface area contributed by atoms with E-state index in [4.69, 9.17) is 0 Å². The van der Waals surface area contributed by atoms with Gasteiger partial charge >= 0.3 is 0 Å². The first kappa shape index (κ1) is 16.5. The minimum atomic E-state index is -0.256. The zero-order valence-corrected chi connectivity index (χ0v) is 14.6. The third-order valence-electron chi connectivity index (χ3n) is 4.26. The molecular formula is C19H20N2O2S. The molecule has 2 amide bonds. The lowest BCUT2D eigenvalue weighted by molar-refractivity contribution is -0.130. The second-order valence-corrected chi connectivity index (χ2v) is 6.90. The maximum atomic E-state index is 12.4. The van der Waals surface area contributed by atoms with Crippen LogP contribution in [0.5, 0.6) is 0 Å². The molecule has 1 N–H and O–H groups in total. The van der Waals surface area contributed by atoms with Gasteiger partial charge in [-0.05, 0) is 41.1 Å². The van der Waals surface area contributed by atoms with Gasteiger partial charge in [-0.25, -0.2) is 0 Å².